The van der Waals surface area contributed by atoms with Gasteiger partial charge >= 0.3 is 0 Å². The molecule has 4 heteroatoms. The van der Waals surface area contributed by atoms with Crippen LogP contribution in [0.5, 0.6) is 11.5 Å². The molecule has 2 rings (SSSR count). The van der Waals surface area contributed by atoms with Crippen molar-refractivity contribution >= 4 is 11.6 Å². The highest BCUT2D eigenvalue weighted by atomic mass is 35.5. The van der Waals surface area contributed by atoms with E-state index in [0.29, 0.717) is 29.2 Å². The summed E-state index contributed by atoms with van der Waals surface area (Å²) in [7, 11) is 0. The summed E-state index contributed by atoms with van der Waals surface area (Å²) in [5, 5.41) is 4.17. The highest BCUT2D eigenvalue weighted by molar-refractivity contribution is 6.32. The molecule has 0 fully saturated rings. The van der Waals surface area contributed by atoms with Gasteiger partial charge in [-0.15, -0.1) is 0 Å². The van der Waals surface area contributed by atoms with Gasteiger partial charge in [-0.3, -0.25) is 0 Å². The summed E-state index contributed by atoms with van der Waals surface area (Å²) < 4.78 is 11.6. The van der Waals surface area contributed by atoms with Crippen molar-refractivity contribution in [2.24, 2.45) is 0 Å². The zero-order chi connectivity index (χ0) is 18.9. The summed E-state index contributed by atoms with van der Waals surface area (Å²) in [6, 6.07) is 15.0. The Morgan fingerprint density at radius 3 is 2.42 bits per heavy atom. The van der Waals surface area contributed by atoms with Crippen LogP contribution in [-0.2, 0) is 13.0 Å². The molecule has 0 aliphatic rings. The minimum atomic E-state index is 0.0497. The maximum atomic E-state index is 6.44. The summed E-state index contributed by atoms with van der Waals surface area (Å²) in [5.41, 5.74) is 2.47. The van der Waals surface area contributed by atoms with Crippen molar-refractivity contribution < 1.29 is 9.47 Å². The van der Waals surface area contributed by atoms with E-state index in [1.807, 2.05) is 32.9 Å². The van der Waals surface area contributed by atoms with Crippen molar-refractivity contribution in [3.63, 3.8) is 0 Å². The Bertz CT molecular complexity index is 673. The third-order valence-corrected chi connectivity index (χ3v) is 4.37. The molecule has 0 heterocycles. The predicted molar refractivity (Wildman–Crippen MR) is 109 cm³/mol. The molecule has 0 amide bonds. The predicted octanol–water partition coefficient (Wildman–Crippen LogP) is 5.64. The van der Waals surface area contributed by atoms with Gasteiger partial charge in [0.05, 0.1) is 17.7 Å². The highest BCUT2D eigenvalue weighted by Gasteiger charge is 2.14. The van der Waals surface area contributed by atoms with Gasteiger partial charge in [-0.05, 0) is 63.8 Å². The first-order valence-electron chi connectivity index (χ1n) is 9.38. The fourth-order valence-corrected chi connectivity index (χ4v) is 3.04. The number of hydrogen-bond donors (Lipinski definition) is 1. The number of hydrogen-bond acceptors (Lipinski definition) is 3. The molecule has 0 aliphatic heterocycles. The maximum Gasteiger partial charge on any atom is 0.180 e. The summed E-state index contributed by atoms with van der Waals surface area (Å²) in [5.74, 6) is 1.34. The van der Waals surface area contributed by atoms with Crippen molar-refractivity contribution in [3.8, 4) is 11.5 Å². The molecule has 2 aromatic rings. The van der Waals surface area contributed by atoms with Gasteiger partial charge in [0.1, 0.15) is 0 Å². The van der Waals surface area contributed by atoms with E-state index in [1.54, 1.807) is 0 Å². The first kappa shape index (κ1) is 20.6. The molecule has 0 saturated carbocycles. The molecule has 3 nitrogen and oxygen atoms in total. The topological polar surface area (TPSA) is 30.5 Å². The van der Waals surface area contributed by atoms with E-state index in [4.69, 9.17) is 21.1 Å². The minimum Gasteiger partial charge on any atom is -0.490 e. The quantitative estimate of drug-likeness (QED) is 0.583. The van der Waals surface area contributed by atoms with Crippen LogP contribution in [0.3, 0.4) is 0 Å². The number of aryl methyl sites for hydroxylation is 1. The van der Waals surface area contributed by atoms with Crippen LogP contribution in [0.1, 0.15) is 45.2 Å². The number of nitrogens with one attached hydrogen (secondary N) is 1. The Kier molecular flexibility index (Phi) is 8.27. The smallest absolute Gasteiger partial charge is 0.180 e. The number of halogens is 1. The zero-order valence-electron chi connectivity index (χ0n) is 16.2. The van der Waals surface area contributed by atoms with Crippen molar-refractivity contribution in [2.75, 3.05) is 6.61 Å². The van der Waals surface area contributed by atoms with Gasteiger partial charge in [-0.1, -0.05) is 41.9 Å². The van der Waals surface area contributed by atoms with Crippen LogP contribution in [0.25, 0.3) is 0 Å². The van der Waals surface area contributed by atoms with E-state index in [-0.39, 0.29) is 6.10 Å². The lowest BCUT2D eigenvalue weighted by molar-refractivity contribution is 0.224. The summed E-state index contributed by atoms with van der Waals surface area (Å²) in [6.45, 7) is 9.46. The van der Waals surface area contributed by atoms with Crippen molar-refractivity contribution in [3.05, 3.63) is 58.6 Å². The molecular weight excluding hydrogens is 346 g/mol. The molecule has 0 bridgehead atoms. The fraction of sp³-hybridized carbons (Fsp3) is 0.455. The summed E-state index contributed by atoms with van der Waals surface area (Å²) >= 11 is 6.44. The average molecular weight is 376 g/mol. The lowest BCUT2D eigenvalue weighted by Crippen LogP contribution is -2.26. The molecule has 1 atom stereocenters. The molecule has 1 N–H and O–H groups in total. The molecule has 1 unspecified atom stereocenters. The Morgan fingerprint density at radius 2 is 1.77 bits per heavy atom. The Hall–Kier alpha value is -1.71. The zero-order valence-corrected chi connectivity index (χ0v) is 17.0. The van der Waals surface area contributed by atoms with E-state index >= 15 is 0 Å². The SMILES string of the molecule is CCOc1cc(CNC(C)CCc2ccccc2)cc(Cl)c1OC(C)C. The third-order valence-electron chi connectivity index (χ3n) is 4.09. The van der Waals surface area contributed by atoms with Crippen LogP contribution in [0.2, 0.25) is 5.02 Å². The second-order valence-corrected chi connectivity index (χ2v) is 7.22. The Labute approximate surface area is 162 Å². The average Bonchev–Trinajstić information content (AvgIpc) is 2.62. The number of ether oxygens (including phenoxy) is 2. The van der Waals surface area contributed by atoms with Crippen LogP contribution in [0.15, 0.2) is 42.5 Å². The number of rotatable bonds is 10. The van der Waals surface area contributed by atoms with Crippen molar-refractivity contribution in [1.82, 2.24) is 5.32 Å². The molecule has 142 valence electrons. The van der Waals surface area contributed by atoms with Gasteiger partial charge in [0.2, 0.25) is 0 Å². The molecule has 0 saturated heterocycles. The van der Waals surface area contributed by atoms with Crippen LogP contribution in [0, 0.1) is 0 Å². The van der Waals surface area contributed by atoms with Crippen LogP contribution < -0.4 is 14.8 Å². The van der Waals surface area contributed by atoms with Crippen molar-refractivity contribution in [1.29, 1.82) is 0 Å². The third kappa shape index (κ3) is 6.54. The molecular formula is C22H30ClNO2. The Balaban J connectivity index is 1.95. The van der Waals surface area contributed by atoms with Crippen molar-refractivity contribution in [2.45, 2.75) is 59.2 Å². The lowest BCUT2D eigenvalue weighted by atomic mass is 10.1. The molecule has 26 heavy (non-hydrogen) atoms. The largest absolute Gasteiger partial charge is 0.490 e. The van der Waals surface area contributed by atoms with Gasteiger partial charge in [0, 0.05) is 12.6 Å². The summed E-state index contributed by atoms with van der Waals surface area (Å²) in [6.07, 6.45) is 2.21. The lowest BCUT2D eigenvalue weighted by Gasteiger charge is -2.18. The molecule has 0 spiro atoms. The summed E-state index contributed by atoms with van der Waals surface area (Å²) in [4.78, 5) is 0. The van der Waals surface area contributed by atoms with E-state index in [0.717, 1.165) is 24.9 Å². The normalized spacial score (nSPS) is 12.2. The molecule has 2 aromatic carbocycles. The van der Waals surface area contributed by atoms with Gasteiger partial charge in [0.15, 0.2) is 11.5 Å². The fourth-order valence-electron chi connectivity index (χ4n) is 2.76. The second-order valence-electron chi connectivity index (χ2n) is 6.81. The molecule has 0 radical (unpaired) electrons. The maximum absolute atomic E-state index is 6.44. The van der Waals surface area contributed by atoms with E-state index in [9.17, 15) is 0 Å². The van der Waals surface area contributed by atoms with Crippen LogP contribution >= 0.6 is 11.6 Å². The first-order valence-corrected chi connectivity index (χ1v) is 9.76. The standard InChI is InChI=1S/C22H30ClNO2/c1-5-25-21-14-19(13-20(23)22(21)26-16(2)3)15-24-17(4)11-12-18-9-7-6-8-10-18/h6-10,13-14,16-17,24H,5,11-12,15H2,1-4H3. The van der Waals surface area contributed by atoms with E-state index < -0.39 is 0 Å². The van der Waals surface area contributed by atoms with Gasteiger partial charge < -0.3 is 14.8 Å². The first-order chi connectivity index (χ1) is 12.5. The molecule has 0 aliphatic carbocycles. The monoisotopic (exact) mass is 375 g/mol. The van der Waals surface area contributed by atoms with Crippen LogP contribution in [0.4, 0.5) is 0 Å². The Morgan fingerprint density at radius 1 is 1.04 bits per heavy atom. The van der Waals surface area contributed by atoms with Crippen LogP contribution in [-0.4, -0.2) is 18.8 Å². The molecule has 0 aromatic heterocycles. The number of benzene rings is 2. The second kappa shape index (κ2) is 10.4. The van der Waals surface area contributed by atoms with Gasteiger partial charge in [-0.25, -0.2) is 0 Å². The minimum absolute atomic E-state index is 0.0497. The van der Waals surface area contributed by atoms with E-state index in [1.165, 1.54) is 5.56 Å². The van der Waals surface area contributed by atoms with Gasteiger partial charge in [-0.2, -0.15) is 0 Å². The van der Waals surface area contributed by atoms with E-state index in [2.05, 4.69) is 42.6 Å². The van der Waals surface area contributed by atoms with Gasteiger partial charge in [0.25, 0.3) is 0 Å². The highest BCUT2D eigenvalue weighted by Crippen LogP contribution is 2.37.